The maximum atomic E-state index is 11.6. The lowest BCUT2D eigenvalue weighted by Crippen LogP contribution is -2.38. The molecule has 0 radical (unpaired) electrons. The molecule has 1 atom stereocenters. The van der Waals surface area contributed by atoms with Gasteiger partial charge in [-0.15, -0.1) is 0 Å². The second-order valence-corrected chi connectivity index (χ2v) is 7.10. The molecule has 1 heterocycles. The highest BCUT2D eigenvalue weighted by molar-refractivity contribution is 8.01. The van der Waals surface area contributed by atoms with Crippen LogP contribution in [0.25, 0.3) is 0 Å². The molecule has 0 saturated carbocycles. The van der Waals surface area contributed by atoms with Gasteiger partial charge in [0.2, 0.25) is 0 Å². The summed E-state index contributed by atoms with van der Waals surface area (Å²) in [5, 5.41) is 0. The largest absolute Gasteiger partial charge is 0.468 e. The minimum Gasteiger partial charge on any atom is -0.468 e. The highest BCUT2D eigenvalue weighted by Gasteiger charge is 2.31. The molecule has 0 aromatic carbocycles. The van der Waals surface area contributed by atoms with E-state index in [1.165, 1.54) is 7.11 Å². The van der Waals surface area contributed by atoms with Gasteiger partial charge in [0, 0.05) is 22.8 Å². The van der Waals surface area contributed by atoms with E-state index in [0.717, 1.165) is 37.4 Å². The summed E-state index contributed by atoms with van der Waals surface area (Å²) in [4.78, 5) is 13.8. The molecule has 0 aliphatic carbocycles. The highest BCUT2D eigenvalue weighted by atomic mass is 32.2. The van der Waals surface area contributed by atoms with Crippen LogP contribution in [0.5, 0.6) is 0 Å². The molecule has 0 N–H and O–H groups in total. The number of methoxy groups -OCH3 is 1. The zero-order chi connectivity index (χ0) is 12.9. The van der Waals surface area contributed by atoms with Crippen LogP contribution >= 0.6 is 24.4 Å². The van der Waals surface area contributed by atoms with Gasteiger partial charge in [-0.1, -0.05) is 0 Å². The second-order valence-electron chi connectivity index (χ2n) is 4.98. The maximum Gasteiger partial charge on any atom is 0.323 e. The van der Waals surface area contributed by atoms with E-state index in [4.69, 9.17) is 4.74 Å². The zero-order valence-corrected chi connectivity index (χ0v) is 12.7. The first-order valence-electron chi connectivity index (χ1n) is 6.07. The lowest BCUT2D eigenvalue weighted by molar-refractivity contribution is -0.145. The predicted molar refractivity (Wildman–Crippen MR) is 77.0 cm³/mol. The minimum atomic E-state index is -0.0824. The normalized spacial score (nSPS) is 21.8. The van der Waals surface area contributed by atoms with Crippen molar-refractivity contribution in [3.05, 3.63) is 0 Å². The average Bonchev–Trinajstić information content (AvgIpc) is 2.76. The van der Waals surface area contributed by atoms with Crippen LogP contribution in [0.3, 0.4) is 0 Å². The van der Waals surface area contributed by atoms with Crippen molar-refractivity contribution >= 4 is 30.4 Å². The summed E-state index contributed by atoms with van der Waals surface area (Å²) in [5.41, 5.74) is 0. The number of ether oxygens (including phenoxy) is 1. The Morgan fingerprint density at radius 2 is 2.29 bits per heavy atom. The van der Waals surface area contributed by atoms with Gasteiger partial charge in [-0.3, -0.25) is 9.69 Å². The second kappa shape index (κ2) is 6.90. The van der Waals surface area contributed by atoms with E-state index in [-0.39, 0.29) is 16.8 Å². The van der Waals surface area contributed by atoms with Gasteiger partial charge < -0.3 is 4.74 Å². The van der Waals surface area contributed by atoms with Crippen molar-refractivity contribution in [3.63, 3.8) is 0 Å². The van der Waals surface area contributed by atoms with Gasteiger partial charge in [0.25, 0.3) is 0 Å². The molecule has 1 rings (SSSR count). The third-order valence-corrected chi connectivity index (χ3v) is 5.41. The molecule has 0 spiro atoms. The van der Waals surface area contributed by atoms with Crippen molar-refractivity contribution in [3.8, 4) is 0 Å². The molecule has 1 saturated heterocycles. The van der Waals surface area contributed by atoms with Gasteiger partial charge in [0.15, 0.2) is 0 Å². The number of likely N-dealkylation sites (tertiary alicyclic amines) is 1. The highest BCUT2D eigenvalue weighted by Crippen LogP contribution is 2.26. The van der Waals surface area contributed by atoms with E-state index >= 15 is 0 Å². The summed E-state index contributed by atoms with van der Waals surface area (Å²) < 4.78 is 5.05. The van der Waals surface area contributed by atoms with Crippen LogP contribution < -0.4 is 0 Å². The molecule has 3 nitrogen and oxygen atoms in total. The molecule has 1 aliphatic rings. The molecule has 1 unspecified atom stereocenters. The Balaban J connectivity index is 2.33. The molecule has 0 amide bonds. The molecule has 1 fully saturated rings. The summed E-state index contributed by atoms with van der Waals surface area (Å²) in [7, 11) is 1.47. The SMILES string of the molecule is COC(=O)C1CCCN1CCSC(C)(C)CS. The Labute approximate surface area is 114 Å². The third-order valence-electron chi connectivity index (χ3n) is 3.09. The number of hydrogen-bond donors (Lipinski definition) is 1. The lowest BCUT2D eigenvalue weighted by Gasteiger charge is -2.25. The fraction of sp³-hybridized carbons (Fsp3) is 0.917. The van der Waals surface area contributed by atoms with Gasteiger partial charge in [-0.05, 0) is 33.2 Å². The van der Waals surface area contributed by atoms with Crippen LogP contribution in [0.15, 0.2) is 0 Å². The number of esters is 1. The summed E-state index contributed by atoms with van der Waals surface area (Å²) in [5.74, 6) is 1.83. The lowest BCUT2D eigenvalue weighted by atomic mass is 10.2. The molecule has 17 heavy (non-hydrogen) atoms. The number of rotatable bonds is 6. The first-order valence-corrected chi connectivity index (χ1v) is 7.68. The van der Waals surface area contributed by atoms with Gasteiger partial charge >= 0.3 is 5.97 Å². The number of carbonyl (C=O) groups excluding carboxylic acids is 1. The van der Waals surface area contributed by atoms with Crippen molar-refractivity contribution in [2.45, 2.75) is 37.5 Å². The average molecular weight is 277 g/mol. The Bertz CT molecular complexity index is 259. The summed E-state index contributed by atoms with van der Waals surface area (Å²) >= 11 is 6.26. The van der Waals surface area contributed by atoms with E-state index in [2.05, 4.69) is 31.4 Å². The van der Waals surface area contributed by atoms with E-state index in [9.17, 15) is 4.79 Å². The van der Waals surface area contributed by atoms with Crippen molar-refractivity contribution in [1.29, 1.82) is 0 Å². The number of thiol groups is 1. The van der Waals surface area contributed by atoms with Crippen molar-refractivity contribution in [1.82, 2.24) is 4.90 Å². The zero-order valence-electron chi connectivity index (χ0n) is 10.9. The first kappa shape index (κ1) is 15.2. The number of thioether (sulfide) groups is 1. The molecule has 0 aromatic heterocycles. The number of hydrogen-bond acceptors (Lipinski definition) is 5. The molecule has 100 valence electrons. The Hall–Kier alpha value is 0.130. The predicted octanol–water partition coefficient (Wildman–Crippen LogP) is 2.07. The minimum absolute atomic E-state index is 0.0142. The molecule has 1 aliphatic heterocycles. The van der Waals surface area contributed by atoms with E-state index in [0.29, 0.717) is 0 Å². The molecular formula is C12H23NO2S2. The summed E-state index contributed by atoms with van der Waals surface area (Å²) in [6, 6.07) is -0.0142. The van der Waals surface area contributed by atoms with E-state index in [1.54, 1.807) is 0 Å². The number of carbonyl (C=O) groups is 1. The maximum absolute atomic E-state index is 11.6. The van der Waals surface area contributed by atoms with Crippen molar-refractivity contribution < 1.29 is 9.53 Å². The van der Waals surface area contributed by atoms with Crippen LogP contribution in [0, 0.1) is 0 Å². The summed E-state index contributed by atoms with van der Waals surface area (Å²) in [6.07, 6.45) is 2.04. The van der Waals surface area contributed by atoms with Gasteiger partial charge in [0.05, 0.1) is 7.11 Å². The van der Waals surface area contributed by atoms with Gasteiger partial charge in [-0.2, -0.15) is 24.4 Å². The van der Waals surface area contributed by atoms with Crippen LogP contribution in [0.1, 0.15) is 26.7 Å². The third kappa shape index (κ3) is 4.72. The Morgan fingerprint density at radius 3 is 2.88 bits per heavy atom. The Kier molecular flexibility index (Phi) is 6.17. The van der Waals surface area contributed by atoms with Crippen LogP contribution in [0.4, 0.5) is 0 Å². The van der Waals surface area contributed by atoms with E-state index in [1.807, 2.05) is 11.8 Å². The fourth-order valence-electron chi connectivity index (χ4n) is 1.98. The van der Waals surface area contributed by atoms with E-state index < -0.39 is 0 Å². The number of nitrogens with zero attached hydrogens (tertiary/aromatic N) is 1. The van der Waals surface area contributed by atoms with Crippen LogP contribution in [0.2, 0.25) is 0 Å². The van der Waals surface area contributed by atoms with Crippen molar-refractivity contribution in [2.24, 2.45) is 0 Å². The smallest absolute Gasteiger partial charge is 0.323 e. The first-order chi connectivity index (χ1) is 8.00. The van der Waals surface area contributed by atoms with Crippen LogP contribution in [-0.2, 0) is 9.53 Å². The van der Waals surface area contributed by atoms with Gasteiger partial charge in [-0.25, -0.2) is 0 Å². The monoisotopic (exact) mass is 277 g/mol. The molecule has 0 aromatic rings. The topological polar surface area (TPSA) is 29.5 Å². The molecule has 5 heteroatoms. The molecule has 0 bridgehead atoms. The summed E-state index contributed by atoms with van der Waals surface area (Å²) in [6.45, 7) is 6.38. The van der Waals surface area contributed by atoms with Gasteiger partial charge in [0.1, 0.15) is 6.04 Å². The quantitative estimate of drug-likeness (QED) is 0.594. The van der Waals surface area contributed by atoms with Crippen LogP contribution in [-0.4, -0.2) is 53.4 Å². The molecular weight excluding hydrogens is 254 g/mol. The Morgan fingerprint density at radius 1 is 1.59 bits per heavy atom. The van der Waals surface area contributed by atoms with Crippen molar-refractivity contribution in [2.75, 3.05) is 31.7 Å². The fourth-order valence-corrected chi connectivity index (χ4v) is 3.23. The standard InChI is InChI=1S/C12H23NO2S2/c1-12(2,9-16)17-8-7-13-6-4-5-10(13)11(14)15-3/h10,16H,4-9H2,1-3H3.